The molecule has 0 saturated heterocycles. The molecular formula is C13H16IO5P. The molecule has 110 valence electrons. The van der Waals surface area contributed by atoms with Crippen LogP contribution in [0.4, 0.5) is 4.79 Å². The summed E-state index contributed by atoms with van der Waals surface area (Å²) < 4.78 is 28.1. The molecule has 2 rings (SSSR count). The number of rotatable bonds is 4. The molecule has 0 amide bonds. The van der Waals surface area contributed by atoms with Crippen LogP contribution in [0.3, 0.4) is 0 Å². The monoisotopic (exact) mass is 410 g/mol. The summed E-state index contributed by atoms with van der Waals surface area (Å²) in [4.78, 5) is 10.8. The third-order valence-electron chi connectivity index (χ3n) is 3.02. The smallest absolute Gasteiger partial charge is 0.382 e. The third kappa shape index (κ3) is 3.54. The van der Waals surface area contributed by atoms with Crippen LogP contribution in [0.2, 0.25) is 0 Å². The molecule has 0 fully saturated rings. The summed E-state index contributed by atoms with van der Waals surface area (Å²) in [5.41, 5.74) is 1.55. The van der Waals surface area contributed by atoms with Crippen molar-refractivity contribution in [3.63, 3.8) is 0 Å². The molecule has 0 spiro atoms. The average Bonchev–Trinajstić information content (AvgIpc) is 2.38. The first-order chi connectivity index (χ1) is 9.42. The fourth-order valence-corrected chi connectivity index (χ4v) is 3.46. The first kappa shape index (κ1) is 15.8. The topological polar surface area (TPSA) is 61.8 Å². The molecule has 1 unspecified atom stereocenters. The van der Waals surface area contributed by atoms with E-state index in [0.29, 0.717) is 12.2 Å². The molecular weight excluding hydrogens is 394 g/mol. The van der Waals surface area contributed by atoms with Gasteiger partial charge in [-0.1, -0.05) is 32.0 Å². The number of carbonyl (C=O) groups excluding carboxylic acids is 1. The highest BCUT2D eigenvalue weighted by molar-refractivity contribution is 14.1. The van der Waals surface area contributed by atoms with Crippen molar-refractivity contribution in [2.75, 3.05) is 6.61 Å². The molecule has 0 saturated carbocycles. The van der Waals surface area contributed by atoms with Crippen LogP contribution < -0.4 is 4.52 Å². The zero-order chi connectivity index (χ0) is 14.8. The highest BCUT2D eigenvalue weighted by Gasteiger charge is 2.36. The van der Waals surface area contributed by atoms with E-state index in [9.17, 15) is 9.36 Å². The molecule has 20 heavy (non-hydrogen) atoms. The maximum absolute atomic E-state index is 12.5. The third-order valence-corrected chi connectivity index (χ3v) is 5.52. The van der Waals surface area contributed by atoms with Gasteiger partial charge >= 0.3 is 11.6 Å². The molecule has 1 aromatic carbocycles. The number of benzene rings is 1. The van der Waals surface area contributed by atoms with Gasteiger partial charge in [-0.3, -0.25) is 4.52 Å². The van der Waals surface area contributed by atoms with Gasteiger partial charge in [-0.2, -0.15) is 0 Å². The van der Waals surface area contributed by atoms with E-state index < -0.39 is 7.60 Å². The van der Waals surface area contributed by atoms with Gasteiger partial charge in [0.25, 0.3) is 0 Å². The van der Waals surface area contributed by atoms with E-state index in [1.54, 1.807) is 22.6 Å². The number of hydrogen-bond donors (Lipinski definition) is 0. The van der Waals surface area contributed by atoms with Gasteiger partial charge in [-0.05, 0) is 5.56 Å². The number of fused-ring (bicyclic) bond motifs is 1. The lowest BCUT2D eigenvalue weighted by Crippen LogP contribution is -2.15. The molecule has 0 N–H and O–H groups in total. The minimum Gasteiger partial charge on any atom is -0.458 e. The summed E-state index contributed by atoms with van der Waals surface area (Å²) in [5, 5.41) is 0. The van der Waals surface area contributed by atoms with Crippen molar-refractivity contribution in [1.82, 2.24) is 0 Å². The Hall–Kier alpha value is -0.590. The Bertz CT molecular complexity index is 558. The molecule has 7 heteroatoms. The second-order valence-corrected chi connectivity index (χ2v) is 8.17. The lowest BCUT2D eigenvalue weighted by atomic mass is 10.1. The number of halogens is 1. The van der Waals surface area contributed by atoms with Gasteiger partial charge in [0.15, 0.2) is 0 Å². The lowest BCUT2D eigenvalue weighted by molar-refractivity contribution is 0.179. The molecule has 1 atom stereocenters. The number of ether oxygens (including phenoxy) is 1. The predicted octanol–water partition coefficient (Wildman–Crippen LogP) is 4.31. The van der Waals surface area contributed by atoms with Crippen LogP contribution in [0, 0.1) is 0 Å². The van der Waals surface area contributed by atoms with Crippen LogP contribution in [-0.2, 0) is 26.9 Å². The summed E-state index contributed by atoms with van der Waals surface area (Å²) in [7, 11) is -3.11. The molecule has 1 heterocycles. The van der Waals surface area contributed by atoms with Gasteiger partial charge in [-0.15, -0.1) is 0 Å². The van der Waals surface area contributed by atoms with Crippen LogP contribution in [-0.4, -0.2) is 16.2 Å². The molecule has 0 bridgehead atoms. The van der Waals surface area contributed by atoms with Gasteiger partial charge in [0.1, 0.15) is 5.75 Å². The van der Waals surface area contributed by atoms with E-state index >= 15 is 0 Å². The standard InChI is InChI=1S/C13H16IO5P/c1-9(2)20(16)18-8-11-5-3-4-10(12(11)19-20)6-7-17-13(14)15/h3-5,9H,6-8H2,1-2H3. The van der Waals surface area contributed by atoms with Gasteiger partial charge in [-0.25, -0.2) is 9.36 Å². The first-order valence-corrected chi connectivity index (χ1v) is 8.98. The summed E-state index contributed by atoms with van der Waals surface area (Å²) in [6, 6.07) is 5.65. The van der Waals surface area contributed by atoms with E-state index in [-0.39, 0.29) is 22.8 Å². The fraction of sp³-hybridized carbons (Fsp3) is 0.462. The van der Waals surface area contributed by atoms with Crippen molar-refractivity contribution in [1.29, 1.82) is 0 Å². The van der Waals surface area contributed by atoms with E-state index in [4.69, 9.17) is 13.8 Å². The summed E-state index contributed by atoms with van der Waals surface area (Å²) >= 11 is 1.59. The Morgan fingerprint density at radius 2 is 2.25 bits per heavy atom. The van der Waals surface area contributed by atoms with Crippen LogP contribution >= 0.6 is 30.2 Å². The Labute approximate surface area is 131 Å². The van der Waals surface area contributed by atoms with Crippen LogP contribution in [0.5, 0.6) is 5.75 Å². The van der Waals surface area contributed by atoms with Crippen molar-refractivity contribution >= 4 is 34.2 Å². The Morgan fingerprint density at radius 1 is 1.50 bits per heavy atom. The van der Waals surface area contributed by atoms with E-state index in [1.807, 2.05) is 32.0 Å². The van der Waals surface area contributed by atoms with Gasteiger partial charge in [0.2, 0.25) is 0 Å². The van der Waals surface area contributed by atoms with Crippen molar-refractivity contribution in [3.8, 4) is 5.75 Å². The predicted molar refractivity (Wildman–Crippen MR) is 83.7 cm³/mol. The van der Waals surface area contributed by atoms with E-state index in [1.165, 1.54) is 0 Å². The Morgan fingerprint density at radius 3 is 2.90 bits per heavy atom. The molecule has 1 aromatic rings. The minimum atomic E-state index is -3.11. The fourth-order valence-electron chi connectivity index (χ4n) is 1.87. The second kappa shape index (κ2) is 6.45. The molecule has 0 radical (unpaired) electrons. The first-order valence-electron chi connectivity index (χ1n) is 6.29. The summed E-state index contributed by atoms with van der Waals surface area (Å²) in [6.07, 6.45) is 0.524. The second-order valence-electron chi connectivity index (χ2n) is 4.74. The zero-order valence-corrected chi connectivity index (χ0v) is 14.3. The quantitative estimate of drug-likeness (QED) is 0.421. The van der Waals surface area contributed by atoms with Crippen LogP contribution in [0.25, 0.3) is 0 Å². The van der Waals surface area contributed by atoms with Crippen molar-refractivity contribution < 1.29 is 23.1 Å². The lowest BCUT2D eigenvalue weighted by Gasteiger charge is -2.29. The van der Waals surface area contributed by atoms with E-state index in [0.717, 1.165) is 11.1 Å². The van der Waals surface area contributed by atoms with Crippen LogP contribution in [0.1, 0.15) is 25.0 Å². The summed E-state index contributed by atoms with van der Waals surface area (Å²) in [6.45, 7) is 4.18. The number of para-hydroxylation sites is 1. The zero-order valence-electron chi connectivity index (χ0n) is 11.3. The van der Waals surface area contributed by atoms with Gasteiger partial charge < -0.3 is 9.26 Å². The van der Waals surface area contributed by atoms with Crippen molar-refractivity contribution in [2.24, 2.45) is 0 Å². The van der Waals surface area contributed by atoms with E-state index in [2.05, 4.69) is 0 Å². The highest BCUT2D eigenvalue weighted by Crippen LogP contribution is 2.57. The Kier molecular flexibility index (Phi) is 5.09. The summed E-state index contributed by atoms with van der Waals surface area (Å²) in [5.74, 6) is 0.611. The van der Waals surface area contributed by atoms with Crippen LogP contribution in [0.15, 0.2) is 18.2 Å². The molecule has 1 aliphatic rings. The molecule has 0 aromatic heterocycles. The average molecular weight is 410 g/mol. The number of hydrogen-bond acceptors (Lipinski definition) is 5. The van der Waals surface area contributed by atoms with Crippen molar-refractivity contribution in [3.05, 3.63) is 29.3 Å². The van der Waals surface area contributed by atoms with Gasteiger partial charge in [0, 0.05) is 12.0 Å². The van der Waals surface area contributed by atoms with Crippen molar-refractivity contribution in [2.45, 2.75) is 32.5 Å². The molecule has 5 nitrogen and oxygen atoms in total. The molecule has 1 aliphatic heterocycles. The van der Waals surface area contributed by atoms with Gasteiger partial charge in [0.05, 0.1) is 41.5 Å². The normalized spacial score (nSPS) is 21.2. The maximum atomic E-state index is 12.5. The highest BCUT2D eigenvalue weighted by atomic mass is 127. The Balaban J connectivity index is 2.20. The number of carbonyl (C=O) groups is 1. The largest absolute Gasteiger partial charge is 0.458 e. The minimum absolute atomic E-state index is 0.198. The molecule has 0 aliphatic carbocycles. The SMILES string of the molecule is CC(C)P1(=O)OCc2cccc(CCOC(=O)I)c2O1. The maximum Gasteiger partial charge on any atom is 0.382 e.